The highest BCUT2D eigenvalue weighted by Gasteiger charge is 2.08. The van der Waals surface area contributed by atoms with Crippen molar-refractivity contribution in [3.8, 4) is 5.75 Å². The van der Waals surface area contributed by atoms with E-state index in [1.807, 2.05) is 6.92 Å². The van der Waals surface area contributed by atoms with Crippen molar-refractivity contribution in [1.29, 1.82) is 0 Å². The predicted octanol–water partition coefficient (Wildman–Crippen LogP) is 1.70. The number of hydrogen-bond donors (Lipinski definition) is 2. The van der Waals surface area contributed by atoms with Crippen LogP contribution in [-0.2, 0) is 0 Å². The van der Waals surface area contributed by atoms with Gasteiger partial charge in [0, 0.05) is 12.5 Å². The summed E-state index contributed by atoms with van der Waals surface area (Å²) >= 11 is 0. The summed E-state index contributed by atoms with van der Waals surface area (Å²) in [6, 6.07) is 4.84. The molecule has 4 nitrogen and oxygen atoms in total. The first kappa shape index (κ1) is 12.5. The van der Waals surface area contributed by atoms with E-state index in [-0.39, 0.29) is 18.1 Å². The van der Waals surface area contributed by atoms with Crippen molar-refractivity contribution < 1.29 is 19.7 Å². The fraction of sp³-hybridized carbons (Fsp3) is 0.417. The molecule has 0 bridgehead atoms. The zero-order valence-corrected chi connectivity index (χ0v) is 9.43. The molecule has 88 valence electrons. The molecule has 1 rings (SSSR count). The Balaban J connectivity index is 2.70. The van der Waals surface area contributed by atoms with E-state index in [2.05, 4.69) is 0 Å². The molecule has 0 fully saturated rings. The Hall–Kier alpha value is -1.55. The van der Waals surface area contributed by atoms with Crippen molar-refractivity contribution in [2.24, 2.45) is 5.92 Å². The first-order chi connectivity index (χ1) is 7.54. The maximum atomic E-state index is 10.8. The maximum Gasteiger partial charge on any atom is 0.335 e. The molecule has 0 radical (unpaired) electrons. The molecule has 0 aliphatic carbocycles. The van der Waals surface area contributed by atoms with Gasteiger partial charge in [0.25, 0.3) is 0 Å². The SMILES string of the molecule is Cc1cc(OCC(C)CO)ccc1C(=O)O. The van der Waals surface area contributed by atoms with Crippen LogP contribution in [0.3, 0.4) is 0 Å². The van der Waals surface area contributed by atoms with E-state index in [0.717, 1.165) is 0 Å². The van der Waals surface area contributed by atoms with Crippen molar-refractivity contribution in [1.82, 2.24) is 0 Å². The van der Waals surface area contributed by atoms with Gasteiger partial charge < -0.3 is 14.9 Å². The summed E-state index contributed by atoms with van der Waals surface area (Å²) in [4.78, 5) is 10.8. The molecule has 0 aliphatic heterocycles. The number of aromatic carboxylic acids is 1. The van der Waals surface area contributed by atoms with Gasteiger partial charge in [0.15, 0.2) is 0 Å². The quantitative estimate of drug-likeness (QED) is 0.798. The molecule has 0 heterocycles. The Labute approximate surface area is 94.5 Å². The van der Waals surface area contributed by atoms with Gasteiger partial charge in [-0.25, -0.2) is 4.79 Å². The van der Waals surface area contributed by atoms with Gasteiger partial charge in [-0.3, -0.25) is 0 Å². The van der Waals surface area contributed by atoms with Gasteiger partial charge in [0.05, 0.1) is 12.2 Å². The largest absolute Gasteiger partial charge is 0.493 e. The summed E-state index contributed by atoms with van der Waals surface area (Å²) in [7, 11) is 0. The topological polar surface area (TPSA) is 66.8 Å². The fourth-order valence-corrected chi connectivity index (χ4v) is 1.26. The van der Waals surface area contributed by atoms with Crippen LogP contribution in [-0.4, -0.2) is 29.4 Å². The fourth-order valence-electron chi connectivity index (χ4n) is 1.26. The molecule has 0 spiro atoms. The highest BCUT2D eigenvalue weighted by molar-refractivity contribution is 5.89. The minimum absolute atomic E-state index is 0.0689. The van der Waals surface area contributed by atoms with Crippen molar-refractivity contribution >= 4 is 5.97 Å². The van der Waals surface area contributed by atoms with Crippen LogP contribution in [0.25, 0.3) is 0 Å². The Bertz CT molecular complexity index is 373. The van der Waals surface area contributed by atoms with Gasteiger partial charge in [-0.05, 0) is 30.7 Å². The number of carboxylic acid groups (broad SMARTS) is 1. The summed E-state index contributed by atoms with van der Waals surface area (Å²) in [6.07, 6.45) is 0. The van der Waals surface area contributed by atoms with E-state index >= 15 is 0 Å². The van der Waals surface area contributed by atoms with Gasteiger partial charge in [-0.2, -0.15) is 0 Å². The lowest BCUT2D eigenvalue weighted by Crippen LogP contribution is -2.12. The second kappa shape index (κ2) is 5.51. The third kappa shape index (κ3) is 3.24. The van der Waals surface area contributed by atoms with Crippen molar-refractivity contribution in [2.45, 2.75) is 13.8 Å². The summed E-state index contributed by atoms with van der Waals surface area (Å²) in [5, 5.41) is 17.7. The van der Waals surface area contributed by atoms with Crippen LogP contribution in [0, 0.1) is 12.8 Å². The van der Waals surface area contributed by atoms with Crippen LogP contribution in [0.4, 0.5) is 0 Å². The van der Waals surface area contributed by atoms with E-state index in [1.165, 1.54) is 6.07 Å². The van der Waals surface area contributed by atoms with Gasteiger partial charge in [-0.15, -0.1) is 0 Å². The molecule has 0 saturated heterocycles. The third-order valence-corrected chi connectivity index (χ3v) is 2.27. The zero-order chi connectivity index (χ0) is 12.1. The Kier molecular flexibility index (Phi) is 4.31. The van der Waals surface area contributed by atoms with Crippen LogP contribution < -0.4 is 4.74 Å². The van der Waals surface area contributed by atoms with Crippen LogP contribution in [0.15, 0.2) is 18.2 Å². The van der Waals surface area contributed by atoms with E-state index in [4.69, 9.17) is 14.9 Å². The highest BCUT2D eigenvalue weighted by Crippen LogP contribution is 2.17. The number of rotatable bonds is 5. The van der Waals surface area contributed by atoms with Gasteiger partial charge >= 0.3 is 5.97 Å². The van der Waals surface area contributed by atoms with E-state index < -0.39 is 5.97 Å². The van der Waals surface area contributed by atoms with Gasteiger partial charge in [0.2, 0.25) is 0 Å². The first-order valence-electron chi connectivity index (χ1n) is 5.12. The maximum absolute atomic E-state index is 10.8. The minimum Gasteiger partial charge on any atom is -0.493 e. The Morgan fingerprint density at radius 1 is 1.50 bits per heavy atom. The molecule has 1 aromatic rings. The van der Waals surface area contributed by atoms with Crippen molar-refractivity contribution in [2.75, 3.05) is 13.2 Å². The van der Waals surface area contributed by atoms with Crippen LogP contribution in [0.2, 0.25) is 0 Å². The number of carbonyl (C=O) groups is 1. The second-order valence-electron chi connectivity index (χ2n) is 3.88. The summed E-state index contributed by atoms with van der Waals surface area (Å²) in [5.74, 6) is -0.241. The molecule has 0 aliphatic rings. The monoisotopic (exact) mass is 224 g/mol. The molecular weight excluding hydrogens is 208 g/mol. The number of ether oxygens (including phenoxy) is 1. The van der Waals surface area contributed by atoms with Gasteiger partial charge in [0.1, 0.15) is 5.75 Å². The number of aliphatic hydroxyl groups is 1. The first-order valence-corrected chi connectivity index (χ1v) is 5.12. The molecule has 0 amide bonds. The molecule has 2 N–H and O–H groups in total. The molecule has 4 heteroatoms. The Morgan fingerprint density at radius 2 is 2.19 bits per heavy atom. The lowest BCUT2D eigenvalue weighted by molar-refractivity contribution is 0.0696. The smallest absolute Gasteiger partial charge is 0.335 e. The van der Waals surface area contributed by atoms with Crippen LogP contribution in [0.1, 0.15) is 22.8 Å². The van der Waals surface area contributed by atoms with E-state index in [0.29, 0.717) is 17.9 Å². The molecule has 0 saturated carbocycles. The summed E-state index contributed by atoms with van der Waals surface area (Å²) < 4.78 is 5.42. The molecule has 1 aromatic carbocycles. The minimum atomic E-state index is -0.937. The number of benzene rings is 1. The number of hydrogen-bond acceptors (Lipinski definition) is 3. The molecule has 0 aromatic heterocycles. The zero-order valence-electron chi connectivity index (χ0n) is 9.43. The lowest BCUT2D eigenvalue weighted by atomic mass is 10.1. The predicted molar refractivity (Wildman–Crippen MR) is 59.9 cm³/mol. The number of aryl methyl sites for hydroxylation is 1. The lowest BCUT2D eigenvalue weighted by Gasteiger charge is -2.11. The standard InChI is InChI=1S/C12H16O4/c1-8(6-13)7-16-10-3-4-11(12(14)15)9(2)5-10/h3-5,8,13H,6-7H2,1-2H3,(H,14,15). The summed E-state index contributed by atoms with van der Waals surface area (Å²) in [6.45, 7) is 4.10. The Morgan fingerprint density at radius 3 is 2.69 bits per heavy atom. The van der Waals surface area contributed by atoms with Crippen LogP contribution in [0.5, 0.6) is 5.75 Å². The number of aliphatic hydroxyl groups excluding tert-OH is 1. The molecule has 1 atom stereocenters. The van der Waals surface area contributed by atoms with E-state index in [9.17, 15) is 4.79 Å². The average Bonchev–Trinajstić information content (AvgIpc) is 2.25. The number of carboxylic acids is 1. The normalized spacial score (nSPS) is 12.2. The second-order valence-corrected chi connectivity index (χ2v) is 3.88. The van der Waals surface area contributed by atoms with E-state index in [1.54, 1.807) is 19.1 Å². The summed E-state index contributed by atoms with van der Waals surface area (Å²) in [5.41, 5.74) is 0.948. The highest BCUT2D eigenvalue weighted by atomic mass is 16.5. The molecular formula is C12H16O4. The third-order valence-electron chi connectivity index (χ3n) is 2.27. The van der Waals surface area contributed by atoms with Crippen molar-refractivity contribution in [3.63, 3.8) is 0 Å². The van der Waals surface area contributed by atoms with Crippen molar-refractivity contribution in [3.05, 3.63) is 29.3 Å². The van der Waals surface area contributed by atoms with Crippen LogP contribution >= 0.6 is 0 Å². The molecule has 16 heavy (non-hydrogen) atoms. The average molecular weight is 224 g/mol. The van der Waals surface area contributed by atoms with Gasteiger partial charge in [-0.1, -0.05) is 6.92 Å². The molecule has 1 unspecified atom stereocenters.